The highest BCUT2D eigenvalue weighted by atomic mass is 32.1. The van der Waals surface area contributed by atoms with Crippen LogP contribution in [0.15, 0.2) is 48.5 Å². The van der Waals surface area contributed by atoms with Gasteiger partial charge >= 0.3 is 0 Å². The van der Waals surface area contributed by atoms with Crippen molar-refractivity contribution in [3.05, 3.63) is 64.7 Å². The number of amides is 1. The predicted molar refractivity (Wildman–Crippen MR) is 125 cm³/mol. The molecule has 0 atom stereocenters. The monoisotopic (exact) mass is 421 g/mol. The second-order valence-corrected chi connectivity index (χ2v) is 9.90. The van der Waals surface area contributed by atoms with Crippen LogP contribution in [-0.2, 0) is 24.3 Å². The Balaban J connectivity index is 1.51. The lowest BCUT2D eigenvalue weighted by atomic mass is 9.71. The zero-order valence-electron chi connectivity index (χ0n) is 18.0. The number of rotatable bonds is 7. The molecule has 1 aliphatic rings. The van der Waals surface area contributed by atoms with Crippen molar-refractivity contribution in [1.29, 1.82) is 0 Å². The van der Waals surface area contributed by atoms with Gasteiger partial charge in [-0.3, -0.25) is 4.79 Å². The molecular formula is C25H31N3OS. The fourth-order valence-electron chi connectivity index (χ4n) is 4.59. The van der Waals surface area contributed by atoms with Gasteiger partial charge in [-0.1, -0.05) is 55.7 Å². The first-order valence-electron chi connectivity index (χ1n) is 10.9. The summed E-state index contributed by atoms with van der Waals surface area (Å²) in [5, 5.41) is 4.38. The standard InChI is InChI=1S/C25H31N3OS/c1-28(2)18-20-11-5-4-10-19(20)17-26-24(29)25(14-8-3-9-15-25)16-23-27-21-12-6-7-13-22(21)30-23/h4-7,10-13H,3,8-9,14-18H2,1-2H3,(H,26,29). The maximum absolute atomic E-state index is 13.5. The van der Waals surface area contributed by atoms with Crippen molar-refractivity contribution in [2.24, 2.45) is 5.41 Å². The van der Waals surface area contributed by atoms with Crippen LogP contribution in [0.4, 0.5) is 0 Å². The summed E-state index contributed by atoms with van der Waals surface area (Å²) in [6, 6.07) is 16.7. The Kier molecular flexibility index (Phi) is 6.49. The van der Waals surface area contributed by atoms with E-state index in [1.54, 1.807) is 11.3 Å². The van der Waals surface area contributed by atoms with E-state index in [4.69, 9.17) is 4.98 Å². The second-order valence-electron chi connectivity index (χ2n) is 8.78. The summed E-state index contributed by atoms with van der Waals surface area (Å²) < 4.78 is 1.21. The van der Waals surface area contributed by atoms with Crippen LogP contribution in [0.5, 0.6) is 0 Å². The number of hydrogen-bond donors (Lipinski definition) is 1. The number of nitrogens with zero attached hydrogens (tertiary/aromatic N) is 2. The second kappa shape index (κ2) is 9.27. The van der Waals surface area contributed by atoms with Crippen LogP contribution >= 0.6 is 11.3 Å². The normalized spacial score (nSPS) is 16.1. The van der Waals surface area contributed by atoms with E-state index >= 15 is 0 Å². The summed E-state index contributed by atoms with van der Waals surface area (Å²) in [4.78, 5) is 20.5. The fourth-order valence-corrected chi connectivity index (χ4v) is 5.70. The van der Waals surface area contributed by atoms with Gasteiger partial charge in [0, 0.05) is 19.5 Å². The van der Waals surface area contributed by atoms with Gasteiger partial charge in [0.05, 0.1) is 20.6 Å². The molecule has 1 amide bonds. The molecule has 30 heavy (non-hydrogen) atoms. The molecule has 0 spiro atoms. The Hall–Kier alpha value is -2.24. The van der Waals surface area contributed by atoms with Crippen molar-refractivity contribution in [3.8, 4) is 0 Å². The lowest BCUT2D eigenvalue weighted by molar-refractivity contribution is -0.133. The number of carbonyl (C=O) groups is 1. The molecule has 4 nitrogen and oxygen atoms in total. The van der Waals surface area contributed by atoms with Gasteiger partial charge in [0.1, 0.15) is 0 Å². The SMILES string of the molecule is CN(C)Cc1ccccc1CNC(=O)C1(Cc2nc3ccccc3s2)CCCCC1. The highest BCUT2D eigenvalue weighted by Crippen LogP contribution is 2.41. The highest BCUT2D eigenvalue weighted by Gasteiger charge is 2.40. The Bertz CT molecular complexity index is 971. The first kappa shape index (κ1) is 21.0. The van der Waals surface area contributed by atoms with Crippen LogP contribution in [0.25, 0.3) is 10.2 Å². The van der Waals surface area contributed by atoms with Crippen LogP contribution in [-0.4, -0.2) is 29.9 Å². The van der Waals surface area contributed by atoms with Crippen molar-refractivity contribution in [3.63, 3.8) is 0 Å². The van der Waals surface area contributed by atoms with Crippen molar-refractivity contribution < 1.29 is 4.79 Å². The smallest absolute Gasteiger partial charge is 0.226 e. The number of thiazole rings is 1. The number of carbonyl (C=O) groups excluding carboxylic acids is 1. The van der Waals surface area contributed by atoms with Gasteiger partial charge in [-0.05, 0) is 50.2 Å². The molecule has 1 N–H and O–H groups in total. The zero-order valence-corrected chi connectivity index (χ0v) is 18.8. The van der Waals surface area contributed by atoms with Crippen molar-refractivity contribution >= 4 is 27.5 Å². The molecule has 3 aromatic rings. The fraction of sp³-hybridized carbons (Fsp3) is 0.440. The van der Waals surface area contributed by atoms with Gasteiger partial charge in [0.25, 0.3) is 0 Å². The van der Waals surface area contributed by atoms with E-state index in [0.29, 0.717) is 6.54 Å². The average Bonchev–Trinajstić information content (AvgIpc) is 3.15. The summed E-state index contributed by atoms with van der Waals surface area (Å²) in [5.41, 5.74) is 3.18. The van der Waals surface area contributed by atoms with Crippen LogP contribution in [0, 0.1) is 5.41 Å². The third-order valence-corrected chi connectivity index (χ3v) is 7.20. The van der Waals surface area contributed by atoms with Gasteiger partial charge in [-0.2, -0.15) is 0 Å². The number of hydrogen-bond acceptors (Lipinski definition) is 4. The van der Waals surface area contributed by atoms with Crippen LogP contribution in [0.2, 0.25) is 0 Å². The molecule has 1 aromatic heterocycles. The van der Waals surface area contributed by atoms with E-state index in [2.05, 4.69) is 66.8 Å². The quantitative estimate of drug-likeness (QED) is 0.573. The maximum Gasteiger partial charge on any atom is 0.226 e. The number of aromatic nitrogens is 1. The molecule has 1 heterocycles. The lowest BCUT2D eigenvalue weighted by Gasteiger charge is -2.35. The van der Waals surface area contributed by atoms with E-state index in [9.17, 15) is 4.79 Å². The van der Waals surface area contributed by atoms with Crippen LogP contribution in [0.1, 0.15) is 48.2 Å². The first-order chi connectivity index (χ1) is 14.6. The molecule has 4 rings (SSSR count). The van der Waals surface area contributed by atoms with Gasteiger partial charge < -0.3 is 10.2 Å². The topological polar surface area (TPSA) is 45.2 Å². The molecule has 5 heteroatoms. The molecule has 0 radical (unpaired) electrons. The predicted octanol–water partition coefficient (Wildman–Crippen LogP) is 5.17. The summed E-state index contributed by atoms with van der Waals surface area (Å²) in [6.45, 7) is 1.47. The number of fused-ring (bicyclic) bond motifs is 1. The van der Waals surface area contributed by atoms with Gasteiger partial charge in [0.2, 0.25) is 5.91 Å². The van der Waals surface area contributed by atoms with E-state index in [0.717, 1.165) is 49.2 Å². The summed E-state index contributed by atoms with van der Waals surface area (Å²) in [5.74, 6) is 0.195. The Labute approximate surface area is 183 Å². The molecule has 1 aliphatic carbocycles. The molecule has 0 saturated heterocycles. The number of nitrogens with one attached hydrogen (secondary N) is 1. The Morgan fingerprint density at radius 2 is 1.73 bits per heavy atom. The molecule has 0 aliphatic heterocycles. The zero-order chi connectivity index (χ0) is 21.0. The lowest BCUT2D eigenvalue weighted by Crippen LogP contribution is -2.43. The van der Waals surface area contributed by atoms with Gasteiger partial charge in [0.15, 0.2) is 0 Å². The molecule has 2 aromatic carbocycles. The van der Waals surface area contributed by atoms with Gasteiger partial charge in [-0.25, -0.2) is 4.98 Å². The Morgan fingerprint density at radius 3 is 2.47 bits per heavy atom. The number of para-hydroxylation sites is 1. The minimum absolute atomic E-state index is 0.195. The van der Waals surface area contributed by atoms with Crippen LogP contribution in [0.3, 0.4) is 0 Å². The molecule has 0 bridgehead atoms. The van der Waals surface area contributed by atoms with E-state index < -0.39 is 0 Å². The molecule has 0 unspecified atom stereocenters. The minimum Gasteiger partial charge on any atom is -0.352 e. The largest absolute Gasteiger partial charge is 0.352 e. The number of benzene rings is 2. The van der Waals surface area contributed by atoms with Crippen molar-refractivity contribution in [2.75, 3.05) is 14.1 Å². The van der Waals surface area contributed by atoms with E-state index in [1.807, 2.05) is 6.07 Å². The Morgan fingerprint density at radius 1 is 1.03 bits per heavy atom. The van der Waals surface area contributed by atoms with Crippen molar-refractivity contribution in [2.45, 2.75) is 51.6 Å². The molecule has 158 valence electrons. The average molecular weight is 422 g/mol. The highest BCUT2D eigenvalue weighted by molar-refractivity contribution is 7.18. The third kappa shape index (κ3) is 4.73. The minimum atomic E-state index is -0.331. The first-order valence-corrected chi connectivity index (χ1v) is 11.7. The van der Waals surface area contributed by atoms with E-state index in [-0.39, 0.29) is 11.3 Å². The molecule has 1 fully saturated rings. The molecule has 1 saturated carbocycles. The maximum atomic E-state index is 13.5. The van der Waals surface area contributed by atoms with Gasteiger partial charge in [-0.15, -0.1) is 11.3 Å². The summed E-state index contributed by atoms with van der Waals surface area (Å²) in [6.07, 6.45) is 6.12. The molecular weight excluding hydrogens is 390 g/mol. The van der Waals surface area contributed by atoms with E-state index in [1.165, 1.54) is 22.2 Å². The summed E-state index contributed by atoms with van der Waals surface area (Å²) in [7, 11) is 4.15. The summed E-state index contributed by atoms with van der Waals surface area (Å²) >= 11 is 1.73. The van der Waals surface area contributed by atoms with Crippen molar-refractivity contribution in [1.82, 2.24) is 15.2 Å². The third-order valence-electron chi connectivity index (χ3n) is 6.16. The van der Waals surface area contributed by atoms with Crippen LogP contribution < -0.4 is 5.32 Å².